The largest absolute Gasteiger partial charge is 0.344 e. The van der Waals surface area contributed by atoms with Gasteiger partial charge in [-0.1, -0.05) is 24.3 Å². The number of hydrogen-bond acceptors (Lipinski definition) is 5. The van der Waals surface area contributed by atoms with Gasteiger partial charge >= 0.3 is 0 Å². The molecule has 5 rings (SSSR count). The van der Waals surface area contributed by atoms with Crippen LogP contribution in [0.2, 0.25) is 0 Å². The van der Waals surface area contributed by atoms with E-state index >= 15 is 0 Å². The number of aromatic nitrogens is 1. The van der Waals surface area contributed by atoms with Gasteiger partial charge in [0.1, 0.15) is 22.6 Å². The highest BCUT2D eigenvalue weighted by atomic mass is 32.1. The molecule has 3 heterocycles. The van der Waals surface area contributed by atoms with Crippen LogP contribution in [0.25, 0.3) is 0 Å². The van der Waals surface area contributed by atoms with Crippen molar-refractivity contribution < 1.29 is 9.71 Å². The van der Waals surface area contributed by atoms with Gasteiger partial charge in [0.05, 0.1) is 36.0 Å². The summed E-state index contributed by atoms with van der Waals surface area (Å²) in [6, 6.07) is 15.5. The summed E-state index contributed by atoms with van der Waals surface area (Å²) in [7, 11) is 0. The highest BCUT2D eigenvalue weighted by molar-refractivity contribution is 7.16. The van der Waals surface area contributed by atoms with Crippen molar-refractivity contribution in [2.24, 2.45) is 4.99 Å². The Balaban J connectivity index is 1.38. The number of amidine groups is 1. The third kappa shape index (κ3) is 3.95. The number of piperazine rings is 1. The average molecular weight is 423 g/mol. The van der Waals surface area contributed by atoms with Crippen molar-refractivity contribution in [1.82, 2.24) is 9.88 Å². The molecule has 1 unspecified atom stereocenters. The lowest BCUT2D eigenvalue weighted by molar-refractivity contribution is -0.697. The molecule has 0 spiro atoms. The molecule has 2 aliphatic heterocycles. The van der Waals surface area contributed by atoms with E-state index in [0.29, 0.717) is 6.04 Å². The number of rotatable bonds is 3. The summed E-state index contributed by atoms with van der Waals surface area (Å²) in [5, 5.41) is 8.06. The van der Waals surface area contributed by atoms with Crippen molar-refractivity contribution in [3.8, 4) is 0 Å². The smallest absolute Gasteiger partial charge is 0.158 e. The Morgan fingerprint density at radius 1 is 1.20 bits per heavy atom. The zero-order valence-corrected chi connectivity index (χ0v) is 17.8. The predicted molar refractivity (Wildman–Crippen MR) is 120 cm³/mol. The number of thiazole rings is 1. The van der Waals surface area contributed by atoms with E-state index in [0.717, 1.165) is 65.4 Å². The Bertz CT molecular complexity index is 1080. The molecule has 7 heteroatoms. The molecule has 1 saturated heterocycles. The first kappa shape index (κ1) is 19.2. The van der Waals surface area contributed by atoms with E-state index in [9.17, 15) is 4.39 Å². The highest BCUT2D eigenvalue weighted by Crippen LogP contribution is 2.37. The standard InChI is InChI=1S/C23H24FN5S/c1-15-26-21-22(27-19-4-2-3-5-20(19)28-23(21)30-15)29-13-12-25-18(14-29)11-8-16-6-9-17(24)10-7-16/h2-7,9-10,18,25,28H,8,11-14H2,1H3/p+1. The molecule has 1 aromatic heterocycles. The molecule has 2 aliphatic rings. The molecular weight excluding hydrogens is 397 g/mol. The second-order valence-corrected chi connectivity index (χ2v) is 9.09. The van der Waals surface area contributed by atoms with Crippen LogP contribution in [0.3, 0.4) is 0 Å². The second kappa shape index (κ2) is 8.16. The normalized spacial score (nSPS) is 18.1. The van der Waals surface area contributed by atoms with Crippen LogP contribution in [0.1, 0.15) is 22.7 Å². The number of quaternary nitrogens is 1. The molecule has 5 nitrogen and oxygen atoms in total. The number of nitrogens with two attached hydrogens (primary N) is 1. The number of hydrogen-bond donors (Lipinski definition) is 2. The molecule has 0 aliphatic carbocycles. The van der Waals surface area contributed by atoms with Gasteiger partial charge in [0, 0.05) is 6.42 Å². The van der Waals surface area contributed by atoms with Crippen LogP contribution in [0.4, 0.5) is 20.8 Å². The Morgan fingerprint density at radius 2 is 2.03 bits per heavy atom. The maximum atomic E-state index is 13.2. The van der Waals surface area contributed by atoms with Gasteiger partial charge in [-0.3, -0.25) is 0 Å². The first-order chi connectivity index (χ1) is 14.7. The molecule has 154 valence electrons. The number of aliphatic imine (C=N–C) groups is 1. The van der Waals surface area contributed by atoms with Crippen LogP contribution >= 0.6 is 11.3 Å². The average Bonchev–Trinajstić information content (AvgIpc) is 3.05. The summed E-state index contributed by atoms with van der Waals surface area (Å²) in [6.45, 7) is 4.95. The van der Waals surface area contributed by atoms with Crippen LogP contribution in [-0.4, -0.2) is 41.4 Å². The number of anilines is 2. The van der Waals surface area contributed by atoms with Crippen LogP contribution in [0, 0.1) is 12.7 Å². The molecule has 1 fully saturated rings. The van der Waals surface area contributed by atoms with Gasteiger partial charge in [0.25, 0.3) is 0 Å². The van der Waals surface area contributed by atoms with Gasteiger partial charge in [-0.2, -0.15) is 0 Å². The lowest BCUT2D eigenvalue weighted by atomic mass is 10.0. The summed E-state index contributed by atoms with van der Waals surface area (Å²) >= 11 is 1.68. The number of benzene rings is 2. The van der Waals surface area contributed by atoms with E-state index in [1.807, 2.05) is 37.3 Å². The minimum Gasteiger partial charge on any atom is -0.344 e. The summed E-state index contributed by atoms with van der Waals surface area (Å²) in [4.78, 5) is 12.3. The first-order valence-corrected chi connectivity index (χ1v) is 11.2. The summed E-state index contributed by atoms with van der Waals surface area (Å²) in [6.07, 6.45) is 2.00. The molecule has 1 atom stereocenters. The van der Waals surface area contributed by atoms with Gasteiger partial charge in [-0.25, -0.2) is 14.4 Å². The highest BCUT2D eigenvalue weighted by Gasteiger charge is 2.30. The third-order valence-corrected chi connectivity index (χ3v) is 6.58. The maximum Gasteiger partial charge on any atom is 0.158 e. The van der Waals surface area contributed by atoms with Gasteiger partial charge in [-0.15, -0.1) is 11.3 Å². The molecule has 30 heavy (non-hydrogen) atoms. The van der Waals surface area contributed by atoms with Crippen molar-refractivity contribution in [1.29, 1.82) is 0 Å². The van der Waals surface area contributed by atoms with Crippen molar-refractivity contribution >= 4 is 33.5 Å². The molecule has 0 bridgehead atoms. The first-order valence-electron chi connectivity index (χ1n) is 10.4. The summed E-state index contributed by atoms with van der Waals surface area (Å²) < 4.78 is 13.2. The maximum absolute atomic E-state index is 13.2. The van der Waals surface area contributed by atoms with Gasteiger partial charge < -0.3 is 15.5 Å². The Morgan fingerprint density at radius 3 is 2.90 bits per heavy atom. The number of aryl methyl sites for hydroxylation is 2. The molecule has 0 saturated carbocycles. The monoisotopic (exact) mass is 422 g/mol. The van der Waals surface area contributed by atoms with E-state index in [1.54, 1.807) is 23.5 Å². The molecule has 2 aromatic carbocycles. The zero-order valence-electron chi connectivity index (χ0n) is 16.9. The number of nitrogens with one attached hydrogen (secondary N) is 1. The molecule has 0 radical (unpaired) electrons. The van der Waals surface area contributed by atoms with Crippen molar-refractivity contribution in [2.75, 3.05) is 25.0 Å². The minimum absolute atomic E-state index is 0.177. The predicted octanol–water partition coefficient (Wildman–Crippen LogP) is 3.61. The summed E-state index contributed by atoms with van der Waals surface area (Å²) in [5.74, 6) is 0.787. The quantitative estimate of drug-likeness (QED) is 0.678. The molecule has 0 amide bonds. The fourth-order valence-corrected chi connectivity index (χ4v) is 5.00. The number of fused-ring (bicyclic) bond motifs is 2. The summed E-state index contributed by atoms with van der Waals surface area (Å²) in [5.41, 5.74) is 4.11. The van der Waals surface area contributed by atoms with E-state index < -0.39 is 0 Å². The van der Waals surface area contributed by atoms with Gasteiger partial charge in [0.15, 0.2) is 5.84 Å². The van der Waals surface area contributed by atoms with Crippen LogP contribution in [-0.2, 0) is 6.42 Å². The molecule has 3 N–H and O–H groups in total. The minimum atomic E-state index is -0.177. The SMILES string of the molecule is Cc1nc2c(s1)Nc1ccccc1N=C2N1CC[NH2+]C(CCc2ccc(F)cc2)C1. The second-order valence-electron chi connectivity index (χ2n) is 7.88. The fourth-order valence-electron chi connectivity index (χ4n) is 4.17. The van der Waals surface area contributed by atoms with E-state index in [1.165, 1.54) is 5.56 Å². The molecular formula is C23H25FN5S+. The zero-order chi connectivity index (χ0) is 20.5. The lowest BCUT2D eigenvalue weighted by Crippen LogP contribution is -2.95. The Kier molecular flexibility index (Phi) is 5.23. The topological polar surface area (TPSA) is 57.1 Å². The van der Waals surface area contributed by atoms with Gasteiger partial charge in [0.2, 0.25) is 0 Å². The molecule has 3 aromatic rings. The van der Waals surface area contributed by atoms with Gasteiger partial charge in [-0.05, 0) is 43.2 Å². The number of para-hydroxylation sites is 2. The Labute approximate surface area is 179 Å². The number of nitrogens with zero attached hydrogens (tertiary/aromatic N) is 3. The Hall–Kier alpha value is -2.77. The number of halogens is 1. The van der Waals surface area contributed by atoms with E-state index in [4.69, 9.17) is 9.98 Å². The van der Waals surface area contributed by atoms with Crippen LogP contribution < -0.4 is 10.6 Å². The van der Waals surface area contributed by atoms with E-state index in [2.05, 4.69) is 21.6 Å². The fraction of sp³-hybridized carbons (Fsp3) is 0.304. The van der Waals surface area contributed by atoms with Crippen LogP contribution in [0.5, 0.6) is 0 Å². The van der Waals surface area contributed by atoms with Crippen molar-refractivity contribution in [3.05, 3.63) is 70.6 Å². The third-order valence-electron chi connectivity index (χ3n) is 5.70. The van der Waals surface area contributed by atoms with Crippen LogP contribution in [0.15, 0.2) is 53.5 Å². The van der Waals surface area contributed by atoms with Crippen molar-refractivity contribution in [3.63, 3.8) is 0 Å². The van der Waals surface area contributed by atoms with E-state index in [-0.39, 0.29) is 5.82 Å². The van der Waals surface area contributed by atoms with Crippen molar-refractivity contribution in [2.45, 2.75) is 25.8 Å². The lowest BCUT2D eigenvalue weighted by Gasteiger charge is -2.33.